The molecular formula is C20H11Cl2N3O4. The summed E-state index contributed by atoms with van der Waals surface area (Å²) < 4.78 is 5.64. The van der Waals surface area contributed by atoms with E-state index in [0.717, 1.165) is 0 Å². The summed E-state index contributed by atoms with van der Waals surface area (Å²) in [6.45, 7) is 0. The van der Waals surface area contributed by atoms with Crippen LogP contribution in [-0.2, 0) is 4.79 Å². The van der Waals surface area contributed by atoms with Gasteiger partial charge in [-0.2, -0.15) is 5.26 Å². The normalized spacial score (nSPS) is 11.0. The fourth-order valence-corrected chi connectivity index (χ4v) is 2.75. The third kappa shape index (κ3) is 4.63. The first-order valence-corrected chi connectivity index (χ1v) is 8.86. The fraction of sp³-hybridized carbons (Fsp3) is 0. The lowest BCUT2D eigenvalue weighted by molar-refractivity contribution is -0.383. The number of nitro groups is 1. The van der Waals surface area contributed by atoms with E-state index in [-0.39, 0.29) is 22.7 Å². The molecule has 0 radical (unpaired) electrons. The largest absolute Gasteiger partial charge is 0.457 e. The second-order valence-electron chi connectivity index (χ2n) is 5.73. The molecule has 0 atom stereocenters. The molecule has 0 fully saturated rings. The first kappa shape index (κ1) is 20.1. The van der Waals surface area contributed by atoms with Crippen LogP contribution in [0.5, 0.6) is 0 Å². The Balaban J connectivity index is 1.84. The number of hydrogen-bond donors (Lipinski definition) is 1. The van der Waals surface area contributed by atoms with Gasteiger partial charge >= 0.3 is 0 Å². The summed E-state index contributed by atoms with van der Waals surface area (Å²) in [6, 6.07) is 15.6. The first-order valence-electron chi connectivity index (χ1n) is 8.11. The second kappa shape index (κ2) is 8.61. The maximum Gasteiger partial charge on any atom is 0.292 e. The molecule has 2 aromatic carbocycles. The molecule has 3 rings (SSSR count). The van der Waals surface area contributed by atoms with Crippen LogP contribution in [0.2, 0.25) is 10.0 Å². The molecule has 0 aliphatic rings. The summed E-state index contributed by atoms with van der Waals surface area (Å²) in [7, 11) is 0. The van der Waals surface area contributed by atoms with Gasteiger partial charge in [-0.15, -0.1) is 0 Å². The minimum atomic E-state index is -0.797. The average Bonchev–Trinajstić information content (AvgIpc) is 3.17. The molecule has 0 unspecified atom stereocenters. The molecule has 1 amide bonds. The Morgan fingerprint density at radius 3 is 2.59 bits per heavy atom. The molecule has 0 spiro atoms. The number of carbonyl (C=O) groups excluding carboxylic acids is 1. The smallest absolute Gasteiger partial charge is 0.292 e. The zero-order valence-electron chi connectivity index (χ0n) is 14.6. The third-order valence-corrected chi connectivity index (χ3v) is 4.57. The summed E-state index contributed by atoms with van der Waals surface area (Å²) in [6.07, 6.45) is 1.24. The van der Waals surface area contributed by atoms with Crippen molar-refractivity contribution in [3.63, 3.8) is 0 Å². The summed E-state index contributed by atoms with van der Waals surface area (Å²) >= 11 is 11.9. The molecule has 0 saturated heterocycles. The SMILES string of the molecule is N#C/C(=C\c1ccc(-c2ccc(Cl)c(Cl)c2)o1)C(=O)Nc1ccccc1[N+](=O)[O-]. The number of rotatable bonds is 5. The second-order valence-corrected chi connectivity index (χ2v) is 6.54. The van der Waals surface area contributed by atoms with E-state index in [1.807, 2.05) is 0 Å². The highest BCUT2D eigenvalue weighted by Gasteiger charge is 2.17. The molecular weight excluding hydrogens is 417 g/mol. The average molecular weight is 428 g/mol. The highest BCUT2D eigenvalue weighted by Crippen LogP contribution is 2.30. The molecule has 9 heteroatoms. The first-order chi connectivity index (χ1) is 13.9. The Morgan fingerprint density at radius 1 is 1.14 bits per heavy atom. The number of nitro benzene ring substituents is 1. The quantitative estimate of drug-likeness (QED) is 0.242. The van der Waals surface area contributed by atoms with Crippen molar-refractivity contribution in [2.45, 2.75) is 0 Å². The van der Waals surface area contributed by atoms with Crippen LogP contribution >= 0.6 is 23.2 Å². The number of anilines is 1. The third-order valence-electron chi connectivity index (χ3n) is 3.83. The standard InChI is InChI=1S/C20H11Cl2N3O4/c21-15-7-5-12(10-16(15)22)19-8-6-14(29-19)9-13(11-23)20(26)24-17-3-1-2-4-18(17)25(27)28/h1-10H,(H,24,26)/b13-9+. The molecule has 29 heavy (non-hydrogen) atoms. The van der Waals surface area contributed by atoms with Crippen molar-refractivity contribution in [1.29, 1.82) is 5.26 Å². The van der Waals surface area contributed by atoms with E-state index in [1.54, 1.807) is 36.4 Å². The zero-order valence-corrected chi connectivity index (χ0v) is 16.1. The topological polar surface area (TPSA) is 109 Å². The van der Waals surface area contributed by atoms with Crippen molar-refractivity contribution in [2.75, 3.05) is 5.32 Å². The lowest BCUT2D eigenvalue weighted by Crippen LogP contribution is -2.14. The molecule has 0 saturated carbocycles. The summed E-state index contributed by atoms with van der Waals surface area (Å²) in [5.41, 5.74) is 0.0951. The zero-order chi connectivity index (χ0) is 21.0. The monoisotopic (exact) mass is 427 g/mol. The lowest BCUT2D eigenvalue weighted by Gasteiger charge is -2.04. The number of carbonyl (C=O) groups is 1. The molecule has 1 heterocycles. The van der Waals surface area contributed by atoms with Crippen LogP contribution in [0, 0.1) is 21.4 Å². The van der Waals surface area contributed by atoms with Crippen LogP contribution in [0.4, 0.5) is 11.4 Å². The highest BCUT2D eigenvalue weighted by molar-refractivity contribution is 6.42. The predicted molar refractivity (Wildman–Crippen MR) is 109 cm³/mol. The van der Waals surface area contributed by atoms with Gasteiger partial charge < -0.3 is 9.73 Å². The van der Waals surface area contributed by atoms with Crippen molar-refractivity contribution in [3.05, 3.63) is 86.1 Å². The van der Waals surface area contributed by atoms with E-state index in [0.29, 0.717) is 21.4 Å². The van der Waals surface area contributed by atoms with Crippen LogP contribution in [-0.4, -0.2) is 10.8 Å². The van der Waals surface area contributed by atoms with E-state index in [1.165, 1.54) is 30.3 Å². The van der Waals surface area contributed by atoms with Gasteiger partial charge in [-0.25, -0.2) is 0 Å². The highest BCUT2D eigenvalue weighted by atomic mass is 35.5. The molecule has 0 bridgehead atoms. The van der Waals surface area contributed by atoms with Crippen LogP contribution in [0.25, 0.3) is 17.4 Å². The van der Waals surface area contributed by atoms with E-state index < -0.39 is 10.8 Å². The number of amides is 1. The number of benzene rings is 2. The summed E-state index contributed by atoms with van der Waals surface area (Å²) in [5.74, 6) is -0.0826. The molecule has 3 aromatic rings. The molecule has 144 valence electrons. The van der Waals surface area contributed by atoms with Gasteiger partial charge in [-0.1, -0.05) is 35.3 Å². The maximum absolute atomic E-state index is 12.4. The minimum Gasteiger partial charge on any atom is -0.457 e. The van der Waals surface area contributed by atoms with Crippen molar-refractivity contribution in [2.24, 2.45) is 0 Å². The number of nitriles is 1. The van der Waals surface area contributed by atoms with Gasteiger partial charge in [0.1, 0.15) is 28.9 Å². The molecule has 1 N–H and O–H groups in total. The molecule has 1 aromatic heterocycles. The molecule has 7 nitrogen and oxygen atoms in total. The predicted octanol–water partition coefficient (Wildman–Crippen LogP) is 5.71. The van der Waals surface area contributed by atoms with Gasteiger partial charge in [0.25, 0.3) is 11.6 Å². The van der Waals surface area contributed by atoms with E-state index in [9.17, 15) is 20.2 Å². The van der Waals surface area contributed by atoms with Crippen LogP contribution in [0.1, 0.15) is 5.76 Å². The van der Waals surface area contributed by atoms with E-state index >= 15 is 0 Å². The van der Waals surface area contributed by atoms with Gasteiger partial charge in [0.15, 0.2) is 0 Å². The molecule has 0 aliphatic heterocycles. The van der Waals surface area contributed by atoms with Crippen molar-refractivity contribution in [1.82, 2.24) is 0 Å². The molecule has 0 aliphatic carbocycles. The van der Waals surface area contributed by atoms with E-state index in [4.69, 9.17) is 27.6 Å². The summed E-state index contributed by atoms with van der Waals surface area (Å²) in [4.78, 5) is 22.8. The minimum absolute atomic E-state index is 0.0143. The lowest BCUT2D eigenvalue weighted by atomic mass is 10.2. The van der Waals surface area contributed by atoms with Crippen molar-refractivity contribution in [3.8, 4) is 17.4 Å². The van der Waals surface area contributed by atoms with Crippen LogP contribution < -0.4 is 5.32 Å². The fourth-order valence-electron chi connectivity index (χ4n) is 2.45. The van der Waals surface area contributed by atoms with Gasteiger partial charge in [-0.3, -0.25) is 14.9 Å². The number of halogens is 2. The van der Waals surface area contributed by atoms with E-state index in [2.05, 4.69) is 5.32 Å². The van der Waals surface area contributed by atoms with Crippen molar-refractivity contribution >= 4 is 46.6 Å². The maximum atomic E-state index is 12.4. The Labute approximate surface area is 174 Å². The van der Waals surface area contributed by atoms with Crippen molar-refractivity contribution < 1.29 is 14.1 Å². The number of hydrogen-bond acceptors (Lipinski definition) is 5. The Kier molecular flexibility index (Phi) is 5.98. The number of furan rings is 1. The van der Waals surface area contributed by atoms with Gasteiger partial charge in [0, 0.05) is 17.7 Å². The Hall–Kier alpha value is -3.60. The Morgan fingerprint density at radius 2 is 1.90 bits per heavy atom. The van der Waals surface area contributed by atoms with Crippen LogP contribution in [0.3, 0.4) is 0 Å². The number of nitrogens with zero attached hydrogens (tertiary/aromatic N) is 2. The van der Waals surface area contributed by atoms with Gasteiger partial charge in [-0.05, 0) is 36.4 Å². The summed E-state index contributed by atoms with van der Waals surface area (Å²) in [5, 5.41) is 23.5. The Bertz CT molecular complexity index is 1180. The van der Waals surface area contributed by atoms with Gasteiger partial charge in [0.05, 0.1) is 15.0 Å². The van der Waals surface area contributed by atoms with Gasteiger partial charge in [0.2, 0.25) is 0 Å². The number of nitrogens with one attached hydrogen (secondary N) is 1. The van der Waals surface area contributed by atoms with Crippen LogP contribution in [0.15, 0.2) is 64.6 Å². The number of para-hydroxylation sites is 2.